The van der Waals surface area contributed by atoms with Gasteiger partial charge in [0.15, 0.2) is 6.10 Å². The highest BCUT2D eigenvalue weighted by molar-refractivity contribution is 5.71. The molecular formula is C67H110O6. The summed E-state index contributed by atoms with van der Waals surface area (Å²) in [5, 5.41) is 0. The molecule has 0 aromatic heterocycles. The van der Waals surface area contributed by atoms with Crippen LogP contribution in [0.5, 0.6) is 0 Å². The highest BCUT2D eigenvalue weighted by Crippen LogP contribution is 2.15. The second-order valence-corrected chi connectivity index (χ2v) is 19.5. The van der Waals surface area contributed by atoms with Crippen molar-refractivity contribution in [3.05, 3.63) is 122 Å². The van der Waals surface area contributed by atoms with Crippen molar-refractivity contribution in [1.82, 2.24) is 0 Å². The van der Waals surface area contributed by atoms with E-state index in [9.17, 15) is 14.4 Å². The fraction of sp³-hybridized carbons (Fsp3) is 0.657. The Kier molecular flexibility index (Phi) is 56.9. The molecule has 0 aromatic carbocycles. The van der Waals surface area contributed by atoms with Crippen LogP contribution < -0.4 is 0 Å². The Hall–Kier alpha value is -4.19. The van der Waals surface area contributed by atoms with E-state index in [0.29, 0.717) is 19.3 Å². The Morgan fingerprint density at radius 3 is 0.918 bits per heavy atom. The van der Waals surface area contributed by atoms with Crippen LogP contribution in [0.1, 0.15) is 265 Å². The van der Waals surface area contributed by atoms with Gasteiger partial charge in [0.05, 0.1) is 0 Å². The minimum absolute atomic E-state index is 0.0933. The largest absolute Gasteiger partial charge is 0.462 e. The first kappa shape index (κ1) is 68.8. The van der Waals surface area contributed by atoms with Gasteiger partial charge in [-0.05, 0) is 109 Å². The van der Waals surface area contributed by atoms with Gasteiger partial charge in [0, 0.05) is 19.3 Å². The SMILES string of the molecule is CC/C=C\C/C=C\C/C=C\C/C=C\C/C=C\C/C=C\C/C=C\C/C=C\C/C=C\CCCCCC(=O)OCC(COC(=O)CCCCCCC/C=C\CCC)OC(=O)CCCCCCCCCCCCCCCC. The van der Waals surface area contributed by atoms with Crippen LogP contribution in [0.25, 0.3) is 0 Å². The molecule has 0 heterocycles. The van der Waals surface area contributed by atoms with Crippen molar-refractivity contribution in [2.24, 2.45) is 0 Å². The number of ether oxygens (including phenoxy) is 3. The van der Waals surface area contributed by atoms with Crippen LogP contribution in [0.15, 0.2) is 122 Å². The number of carbonyl (C=O) groups is 3. The Morgan fingerprint density at radius 2 is 0.562 bits per heavy atom. The maximum Gasteiger partial charge on any atom is 0.306 e. The van der Waals surface area contributed by atoms with Gasteiger partial charge in [-0.25, -0.2) is 0 Å². The summed E-state index contributed by atoms with van der Waals surface area (Å²) in [4.78, 5) is 38.1. The van der Waals surface area contributed by atoms with E-state index in [1.807, 2.05) is 0 Å². The molecule has 0 radical (unpaired) electrons. The first-order valence-corrected chi connectivity index (χ1v) is 30.0. The molecule has 0 saturated heterocycles. The second-order valence-electron chi connectivity index (χ2n) is 19.5. The maximum atomic E-state index is 12.8. The second kappa shape index (κ2) is 60.4. The van der Waals surface area contributed by atoms with Gasteiger partial charge in [0.2, 0.25) is 0 Å². The quantitative estimate of drug-likeness (QED) is 0.0261. The summed E-state index contributed by atoms with van der Waals surface area (Å²) in [6.07, 6.45) is 83.5. The summed E-state index contributed by atoms with van der Waals surface area (Å²) in [6, 6.07) is 0. The fourth-order valence-electron chi connectivity index (χ4n) is 7.97. The number of allylic oxidation sites excluding steroid dienone is 20. The Balaban J connectivity index is 4.31. The Labute approximate surface area is 450 Å². The van der Waals surface area contributed by atoms with E-state index >= 15 is 0 Å². The van der Waals surface area contributed by atoms with E-state index in [4.69, 9.17) is 14.2 Å². The smallest absolute Gasteiger partial charge is 0.306 e. The van der Waals surface area contributed by atoms with Crippen LogP contribution in [-0.4, -0.2) is 37.2 Å². The lowest BCUT2D eigenvalue weighted by atomic mass is 10.0. The zero-order valence-corrected chi connectivity index (χ0v) is 47.4. The molecule has 0 fully saturated rings. The highest BCUT2D eigenvalue weighted by Gasteiger charge is 2.19. The molecule has 0 aliphatic heterocycles. The van der Waals surface area contributed by atoms with Crippen LogP contribution in [0.3, 0.4) is 0 Å². The van der Waals surface area contributed by atoms with Gasteiger partial charge in [-0.15, -0.1) is 0 Å². The van der Waals surface area contributed by atoms with E-state index in [0.717, 1.165) is 141 Å². The molecule has 1 atom stereocenters. The Bertz CT molecular complexity index is 1540. The summed E-state index contributed by atoms with van der Waals surface area (Å²) in [6.45, 7) is 6.43. The number of hydrogen-bond acceptors (Lipinski definition) is 6. The minimum atomic E-state index is -0.795. The normalized spacial score (nSPS) is 13.0. The predicted molar refractivity (Wildman–Crippen MR) is 316 cm³/mol. The number of hydrogen-bond donors (Lipinski definition) is 0. The van der Waals surface area contributed by atoms with Crippen molar-refractivity contribution >= 4 is 17.9 Å². The molecule has 0 saturated carbocycles. The van der Waals surface area contributed by atoms with Gasteiger partial charge in [-0.3, -0.25) is 14.4 Å². The Morgan fingerprint density at radius 1 is 0.288 bits per heavy atom. The topological polar surface area (TPSA) is 78.9 Å². The molecule has 6 heteroatoms. The monoisotopic (exact) mass is 1010 g/mol. The lowest BCUT2D eigenvalue weighted by molar-refractivity contribution is -0.167. The van der Waals surface area contributed by atoms with Crippen molar-refractivity contribution < 1.29 is 28.6 Å². The summed E-state index contributed by atoms with van der Waals surface area (Å²) < 4.78 is 16.8. The van der Waals surface area contributed by atoms with Crippen molar-refractivity contribution in [2.45, 2.75) is 271 Å². The van der Waals surface area contributed by atoms with E-state index in [1.54, 1.807) is 0 Å². The molecule has 0 aliphatic rings. The molecular weight excluding hydrogens is 901 g/mol. The number of carbonyl (C=O) groups excluding carboxylic acids is 3. The molecule has 0 amide bonds. The molecule has 73 heavy (non-hydrogen) atoms. The molecule has 6 nitrogen and oxygen atoms in total. The van der Waals surface area contributed by atoms with Crippen molar-refractivity contribution in [3.8, 4) is 0 Å². The molecule has 0 aromatic rings. The number of rotatable bonds is 53. The van der Waals surface area contributed by atoms with E-state index < -0.39 is 6.10 Å². The molecule has 0 spiro atoms. The van der Waals surface area contributed by atoms with Gasteiger partial charge in [0.1, 0.15) is 13.2 Å². The first-order valence-electron chi connectivity index (χ1n) is 30.0. The minimum Gasteiger partial charge on any atom is -0.462 e. The molecule has 0 N–H and O–H groups in total. The zero-order valence-electron chi connectivity index (χ0n) is 47.4. The third-order valence-electron chi connectivity index (χ3n) is 12.4. The van der Waals surface area contributed by atoms with Crippen LogP contribution in [0.4, 0.5) is 0 Å². The predicted octanol–water partition coefficient (Wildman–Crippen LogP) is 20.4. The van der Waals surface area contributed by atoms with Gasteiger partial charge in [-0.1, -0.05) is 258 Å². The van der Waals surface area contributed by atoms with Crippen LogP contribution >= 0.6 is 0 Å². The fourth-order valence-corrected chi connectivity index (χ4v) is 7.97. The van der Waals surface area contributed by atoms with Crippen LogP contribution in [-0.2, 0) is 28.6 Å². The summed E-state index contributed by atoms with van der Waals surface area (Å²) in [5.74, 6) is -0.937. The van der Waals surface area contributed by atoms with Crippen LogP contribution in [0.2, 0.25) is 0 Å². The lowest BCUT2D eigenvalue weighted by Gasteiger charge is -2.18. The van der Waals surface area contributed by atoms with Crippen molar-refractivity contribution in [2.75, 3.05) is 13.2 Å². The average molecular weight is 1010 g/mol. The van der Waals surface area contributed by atoms with Gasteiger partial charge in [0.25, 0.3) is 0 Å². The van der Waals surface area contributed by atoms with Gasteiger partial charge < -0.3 is 14.2 Å². The summed E-state index contributed by atoms with van der Waals surface area (Å²) in [7, 11) is 0. The standard InChI is InChI=1S/C67H110O6/c1-4-7-10-13-16-19-22-24-26-27-28-29-30-31-32-33-34-35-36-37-38-39-40-41-42-44-45-48-51-54-57-60-66(69)72-63-64(62-71-65(68)59-56-53-50-47-21-18-15-12-9-6-3)73-67(70)61-58-55-52-49-46-43-25-23-20-17-14-11-8-5-2/h7,10,12,15-16,19,24,26,28-29,31-32,34-35,37-38,40-41,44-45,64H,4-6,8-9,11,13-14,17-18,20-23,25,27,30,33,36,39,42-43,46-63H2,1-3H3/b10-7-,15-12-,19-16-,26-24-,29-28-,32-31-,35-34-,38-37-,41-40-,45-44-. The van der Waals surface area contributed by atoms with Gasteiger partial charge in [-0.2, -0.15) is 0 Å². The van der Waals surface area contributed by atoms with E-state index in [1.165, 1.54) is 83.5 Å². The molecule has 0 bridgehead atoms. The van der Waals surface area contributed by atoms with Crippen molar-refractivity contribution in [3.63, 3.8) is 0 Å². The van der Waals surface area contributed by atoms with E-state index in [2.05, 4.69) is 142 Å². The van der Waals surface area contributed by atoms with E-state index in [-0.39, 0.29) is 31.1 Å². The zero-order chi connectivity index (χ0) is 52.9. The van der Waals surface area contributed by atoms with Crippen molar-refractivity contribution in [1.29, 1.82) is 0 Å². The third kappa shape index (κ3) is 58.6. The first-order chi connectivity index (χ1) is 36.0. The highest BCUT2D eigenvalue weighted by atomic mass is 16.6. The molecule has 414 valence electrons. The average Bonchev–Trinajstić information content (AvgIpc) is 3.39. The third-order valence-corrected chi connectivity index (χ3v) is 12.4. The number of unbranched alkanes of at least 4 members (excludes halogenated alkanes) is 22. The summed E-state index contributed by atoms with van der Waals surface area (Å²) in [5.41, 5.74) is 0. The summed E-state index contributed by atoms with van der Waals surface area (Å²) >= 11 is 0. The maximum absolute atomic E-state index is 12.8. The molecule has 0 aliphatic carbocycles. The molecule has 0 rings (SSSR count). The van der Waals surface area contributed by atoms with Gasteiger partial charge >= 0.3 is 17.9 Å². The lowest BCUT2D eigenvalue weighted by Crippen LogP contribution is -2.30. The number of esters is 3. The van der Waals surface area contributed by atoms with Crippen LogP contribution in [0, 0.1) is 0 Å². The molecule has 1 unspecified atom stereocenters.